The van der Waals surface area contributed by atoms with Crippen LogP contribution in [0.15, 0.2) is 52.7 Å². The topological polar surface area (TPSA) is 109 Å². The number of aromatic nitrogens is 1. The maximum atomic E-state index is 12.8. The molecule has 0 aliphatic carbocycles. The molecule has 1 fully saturated rings. The fourth-order valence-corrected chi connectivity index (χ4v) is 5.53. The average Bonchev–Trinajstić information content (AvgIpc) is 3.47. The number of phenols is 1. The highest BCUT2D eigenvalue weighted by molar-refractivity contribution is 7.89. The van der Waals surface area contributed by atoms with E-state index in [4.69, 9.17) is 4.74 Å². The zero-order valence-electron chi connectivity index (χ0n) is 17.4. The van der Waals surface area contributed by atoms with Crippen LogP contribution in [-0.4, -0.2) is 41.8 Å². The van der Waals surface area contributed by atoms with Gasteiger partial charge in [-0.3, -0.25) is 4.79 Å². The molecule has 1 amide bonds. The van der Waals surface area contributed by atoms with Gasteiger partial charge >= 0.3 is 0 Å². The second kappa shape index (κ2) is 9.27. The van der Waals surface area contributed by atoms with Crippen LogP contribution in [0.3, 0.4) is 0 Å². The van der Waals surface area contributed by atoms with Crippen LogP contribution in [0.5, 0.6) is 11.5 Å². The number of hydrogen-bond donors (Lipinski definition) is 2. The van der Waals surface area contributed by atoms with Crippen molar-refractivity contribution in [3.8, 4) is 11.5 Å². The van der Waals surface area contributed by atoms with Gasteiger partial charge in [-0.05, 0) is 50.1 Å². The number of benzene rings is 2. The van der Waals surface area contributed by atoms with Crippen molar-refractivity contribution in [3.63, 3.8) is 0 Å². The Hall–Kier alpha value is -2.95. The van der Waals surface area contributed by atoms with Crippen molar-refractivity contribution in [1.29, 1.82) is 0 Å². The molecule has 0 bridgehead atoms. The Labute approximate surface area is 190 Å². The van der Waals surface area contributed by atoms with E-state index < -0.39 is 15.9 Å². The average molecular weight is 474 g/mol. The number of thiazole rings is 1. The Kier molecular flexibility index (Phi) is 6.45. The number of nitrogens with one attached hydrogen (secondary N) is 1. The van der Waals surface area contributed by atoms with Crippen LogP contribution in [0, 0.1) is 6.92 Å². The third kappa shape index (κ3) is 4.93. The molecule has 2 aromatic carbocycles. The van der Waals surface area contributed by atoms with Crippen molar-refractivity contribution in [3.05, 3.63) is 64.1 Å². The molecule has 0 saturated carbocycles. The summed E-state index contributed by atoms with van der Waals surface area (Å²) in [5.41, 5.74) is 1.30. The molecule has 3 aromatic rings. The Bertz CT molecular complexity index is 1220. The highest BCUT2D eigenvalue weighted by Crippen LogP contribution is 2.30. The number of amides is 1. The lowest BCUT2D eigenvalue weighted by Crippen LogP contribution is -2.28. The van der Waals surface area contributed by atoms with E-state index in [2.05, 4.69) is 10.3 Å². The standard InChI is InChI=1S/C22H23N3O5S2/c1-15-4-6-16(7-5-15)30-13-21-23-19(14-31-21)22(27)24-18-12-17(8-9-20(18)26)32(28,29)25-10-2-3-11-25/h4-9,12,14,26H,2-3,10-11,13H2,1H3,(H,24,27). The van der Waals surface area contributed by atoms with Crippen LogP contribution >= 0.6 is 11.3 Å². The molecule has 0 radical (unpaired) electrons. The minimum absolute atomic E-state index is 0.0146. The van der Waals surface area contributed by atoms with Crippen molar-refractivity contribution < 1.29 is 23.1 Å². The van der Waals surface area contributed by atoms with Crippen LogP contribution in [-0.2, 0) is 16.6 Å². The minimum atomic E-state index is -3.67. The lowest BCUT2D eigenvalue weighted by atomic mass is 10.2. The van der Waals surface area contributed by atoms with Gasteiger partial charge in [0.15, 0.2) is 0 Å². The van der Waals surface area contributed by atoms with Gasteiger partial charge in [0, 0.05) is 18.5 Å². The molecule has 1 aliphatic rings. The molecule has 0 unspecified atom stereocenters. The number of aryl methyl sites for hydroxylation is 1. The van der Waals surface area contributed by atoms with Crippen molar-refractivity contribution in [1.82, 2.24) is 9.29 Å². The SMILES string of the molecule is Cc1ccc(OCc2nc(C(=O)Nc3cc(S(=O)(=O)N4CCCC4)ccc3O)cs2)cc1. The zero-order chi connectivity index (χ0) is 22.7. The fourth-order valence-electron chi connectivity index (χ4n) is 3.30. The summed E-state index contributed by atoms with van der Waals surface area (Å²) in [4.78, 5) is 16.9. The molecule has 1 saturated heterocycles. The molecule has 168 valence electrons. The number of ether oxygens (including phenoxy) is 1. The quantitative estimate of drug-likeness (QED) is 0.506. The Morgan fingerprint density at radius 2 is 1.91 bits per heavy atom. The van der Waals surface area contributed by atoms with Gasteiger partial charge in [-0.1, -0.05) is 17.7 Å². The molecule has 0 atom stereocenters. The van der Waals surface area contributed by atoms with E-state index in [0.29, 0.717) is 23.8 Å². The molecule has 2 N–H and O–H groups in total. The third-order valence-electron chi connectivity index (χ3n) is 5.09. The predicted molar refractivity (Wildman–Crippen MR) is 122 cm³/mol. The van der Waals surface area contributed by atoms with Crippen LogP contribution < -0.4 is 10.1 Å². The molecular weight excluding hydrogens is 450 g/mol. The van der Waals surface area contributed by atoms with Gasteiger partial charge in [-0.25, -0.2) is 13.4 Å². The van der Waals surface area contributed by atoms with E-state index in [1.807, 2.05) is 31.2 Å². The lowest BCUT2D eigenvalue weighted by Gasteiger charge is -2.16. The maximum absolute atomic E-state index is 12.8. The van der Waals surface area contributed by atoms with Gasteiger partial charge in [-0.2, -0.15) is 4.31 Å². The summed E-state index contributed by atoms with van der Waals surface area (Å²) < 4.78 is 32.6. The molecular formula is C22H23N3O5S2. The predicted octanol–water partition coefficient (Wildman–Crippen LogP) is 3.77. The molecule has 1 aromatic heterocycles. The largest absolute Gasteiger partial charge is 0.506 e. The Balaban J connectivity index is 1.44. The fraction of sp³-hybridized carbons (Fsp3) is 0.273. The van der Waals surface area contributed by atoms with Crippen LogP contribution in [0.25, 0.3) is 0 Å². The van der Waals surface area contributed by atoms with Crippen molar-refractivity contribution in [2.75, 3.05) is 18.4 Å². The van der Waals surface area contributed by atoms with Crippen LogP contribution in [0.4, 0.5) is 5.69 Å². The van der Waals surface area contributed by atoms with E-state index >= 15 is 0 Å². The summed E-state index contributed by atoms with van der Waals surface area (Å²) in [5, 5.41) is 14.9. The minimum Gasteiger partial charge on any atom is -0.506 e. The molecule has 8 nitrogen and oxygen atoms in total. The number of sulfonamides is 1. The second-order valence-corrected chi connectivity index (χ2v) is 10.4. The van der Waals surface area contributed by atoms with Gasteiger partial charge in [0.1, 0.15) is 28.8 Å². The van der Waals surface area contributed by atoms with E-state index in [-0.39, 0.29) is 28.6 Å². The van der Waals surface area contributed by atoms with Gasteiger partial charge in [0.05, 0.1) is 10.6 Å². The summed E-state index contributed by atoms with van der Waals surface area (Å²) in [6.07, 6.45) is 1.64. The van der Waals surface area contributed by atoms with E-state index in [1.165, 1.54) is 33.8 Å². The van der Waals surface area contributed by atoms with Crippen LogP contribution in [0.2, 0.25) is 0 Å². The number of nitrogens with zero attached hydrogens (tertiary/aromatic N) is 2. The first-order chi connectivity index (χ1) is 15.3. The maximum Gasteiger partial charge on any atom is 0.275 e. The van der Waals surface area contributed by atoms with E-state index in [9.17, 15) is 18.3 Å². The number of hydrogen-bond acceptors (Lipinski definition) is 7. The van der Waals surface area contributed by atoms with E-state index in [1.54, 1.807) is 5.38 Å². The summed E-state index contributed by atoms with van der Waals surface area (Å²) in [6.45, 7) is 3.15. The van der Waals surface area contributed by atoms with Gasteiger partial charge in [-0.15, -0.1) is 11.3 Å². The van der Waals surface area contributed by atoms with Gasteiger partial charge in [0.2, 0.25) is 10.0 Å². The number of carbonyl (C=O) groups excluding carboxylic acids is 1. The number of phenolic OH excluding ortho intramolecular Hbond substituents is 1. The smallest absolute Gasteiger partial charge is 0.275 e. The summed E-state index contributed by atoms with van der Waals surface area (Å²) in [5.74, 6) is -0.0662. The van der Waals surface area contributed by atoms with E-state index in [0.717, 1.165) is 18.4 Å². The summed E-state index contributed by atoms with van der Waals surface area (Å²) in [6, 6.07) is 11.5. The number of carbonyl (C=O) groups is 1. The molecule has 2 heterocycles. The molecule has 4 rings (SSSR count). The molecule has 32 heavy (non-hydrogen) atoms. The number of anilines is 1. The third-order valence-corrected chi connectivity index (χ3v) is 7.80. The highest BCUT2D eigenvalue weighted by atomic mass is 32.2. The first-order valence-corrected chi connectivity index (χ1v) is 12.4. The van der Waals surface area contributed by atoms with Gasteiger partial charge in [0.25, 0.3) is 5.91 Å². The second-order valence-electron chi connectivity index (χ2n) is 7.47. The molecule has 10 heteroatoms. The Morgan fingerprint density at radius 1 is 1.19 bits per heavy atom. The van der Waals surface area contributed by atoms with Gasteiger partial charge < -0.3 is 15.2 Å². The summed E-state index contributed by atoms with van der Waals surface area (Å²) >= 11 is 1.28. The lowest BCUT2D eigenvalue weighted by molar-refractivity contribution is 0.102. The first kappa shape index (κ1) is 22.3. The number of aromatic hydroxyl groups is 1. The van der Waals surface area contributed by atoms with Crippen molar-refractivity contribution in [2.45, 2.75) is 31.3 Å². The normalized spacial score (nSPS) is 14.4. The first-order valence-electron chi connectivity index (χ1n) is 10.1. The Morgan fingerprint density at radius 3 is 2.62 bits per heavy atom. The zero-order valence-corrected chi connectivity index (χ0v) is 19.1. The number of rotatable bonds is 7. The molecule has 0 spiro atoms. The summed E-state index contributed by atoms with van der Waals surface area (Å²) in [7, 11) is -3.67. The van der Waals surface area contributed by atoms with Crippen molar-refractivity contribution in [2.24, 2.45) is 0 Å². The highest BCUT2D eigenvalue weighted by Gasteiger charge is 2.28. The molecule has 1 aliphatic heterocycles. The van der Waals surface area contributed by atoms with Crippen LogP contribution in [0.1, 0.15) is 33.9 Å². The monoisotopic (exact) mass is 473 g/mol. The van der Waals surface area contributed by atoms with Crippen molar-refractivity contribution >= 4 is 33.0 Å².